The van der Waals surface area contributed by atoms with Crippen molar-refractivity contribution in [2.45, 2.75) is 6.04 Å². The Balaban J connectivity index is 1.82. The Morgan fingerprint density at radius 1 is 0.885 bits per heavy atom. The normalized spacial score (nSPS) is 15.9. The fourth-order valence-corrected chi connectivity index (χ4v) is 3.67. The largest absolute Gasteiger partial charge is 0.372 e. The van der Waals surface area contributed by atoms with E-state index in [2.05, 4.69) is 5.32 Å². The van der Waals surface area contributed by atoms with Gasteiger partial charge in [-0.05, 0) is 42.0 Å². The first-order valence-electron chi connectivity index (χ1n) is 8.48. The molecule has 1 unspecified atom stereocenters. The van der Waals surface area contributed by atoms with Crippen molar-refractivity contribution in [3.63, 3.8) is 0 Å². The van der Waals surface area contributed by atoms with Crippen LogP contribution in [0.25, 0.3) is 10.9 Å². The second-order valence-electron chi connectivity index (χ2n) is 6.44. The maximum absolute atomic E-state index is 13.4. The molecule has 1 atom stereocenters. The zero-order valence-corrected chi connectivity index (χ0v) is 13.8. The van der Waals surface area contributed by atoms with Crippen LogP contribution in [0.3, 0.4) is 0 Å². The van der Waals surface area contributed by atoms with E-state index >= 15 is 0 Å². The topological polar surface area (TPSA) is 34.0 Å². The van der Waals surface area contributed by atoms with Crippen LogP contribution in [-0.2, 0) is 0 Å². The van der Waals surface area contributed by atoms with Crippen molar-refractivity contribution in [1.82, 2.24) is 4.57 Å². The van der Waals surface area contributed by atoms with Gasteiger partial charge in [0.2, 0.25) is 0 Å². The minimum Gasteiger partial charge on any atom is -0.372 e. The zero-order valence-electron chi connectivity index (χ0n) is 13.8. The summed E-state index contributed by atoms with van der Waals surface area (Å²) >= 11 is 0. The van der Waals surface area contributed by atoms with E-state index in [1.54, 1.807) is 16.7 Å². The van der Waals surface area contributed by atoms with Crippen LogP contribution < -0.4 is 5.32 Å². The van der Waals surface area contributed by atoms with Crippen LogP contribution in [0.2, 0.25) is 0 Å². The number of carbonyl (C=O) groups excluding carboxylic acids is 1. The van der Waals surface area contributed by atoms with Gasteiger partial charge in [-0.15, -0.1) is 0 Å². The predicted molar refractivity (Wildman–Crippen MR) is 100.0 cm³/mol. The van der Waals surface area contributed by atoms with Gasteiger partial charge in [-0.2, -0.15) is 0 Å². The fourth-order valence-electron chi connectivity index (χ4n) is 3.67. The van der Waals surface area contributed by atoms with Crippen molar-refractivity contribution in [1.29, 1.82) is 0 Å². The lowest BCUT2D eigenvalue weighted by Crippen LogP contribution is -2.16. The van der Waals surface area contributed by atoms with Gasteiger partial charge in [0.05, 0.1) is 22.8 Å². The SMILES string of the molecule is O=C1c2ccccc2NC(c2ccc(F)cc2)c2cc3ccccc3n21. The van der Waals surface area contributed by atoms with Gasteiger partial charge in [-0.3, -0.25) is 9.36 Å². The van der Waals surface area contributed by atoms with Gasteiger partial charge in [0.15, 0.2) is 0 Å². The standard InChI is InChI=1S/C22H15FN2O/c23-16-11-9-14(10-12-16)21-20-13-15-5-1-4-8-19(15)25(20)22(26)17-6-2-3-7-18(17)24-21/h1-13,21,24H. The average Bonchev–Trinajstić information content (AvgIpc) is 3.00. The number of hydrogen-bond donors (Lipinski definition) is 1. The molecule has 126 valence electrons. The van der Waals surface area contributed by atoms with E-state index in [1.807, 2.05) is 54.6 Å². The molecule has 0 saturated carbocycles. The minimum atomic E-state index is -0.278. The lowest BCUT2D eigenvalue weighted by Gasteiger charge is -2.19. The summed E-state index contributed by atoms with van der Waals surface area (Å²) in [6.07, 6.45) is 0. The summed E-state index contributed by atoms with van der Waals surface area (Å²) in [5.74, 6) is -0.340. The first-order valence-corrected chi connectivity index (χ1v) is 8.48. The number of nitrogens with one attached hydrogen (secondary N) is 1. The summed E-state index contributed by atoms with van der Waals surface area (Å²) in [6.45, 7) is 0. The Labute approximate surface area is 149 Å². The van der Waals surface area contributed by atoms with Crippen molar-refractivity contribution in [2.75, 3.05) is 5.32 Å². The molecule has 1 N–H and O–H groups in total. The summed E-state index contributed by atoms with van der Waals surface area (Å²) in [5, 5.41) is 4.48. The number of carbonyl (C=O) groups is 1. The summed E-state index contributed by atoms with van der Waals surface area (Å²) in [6, 6.07) is 23.5. The molecule has 26 heavy (non-hydrogen) atoms. The Kier molecular flexibility index (Phi) is 3.19. The van der Waals surface area contributed by atoms with E-state index in [1.165, 1.54) is 12.1 Å². The highest BCUT2D eigenvalue weighted by molar-refractivity contribution is 6.07. The van der Waals surface area contributed by atoms with Crippen molar-refractivity contribution in [2.24, 2.45) is 0 Å². The molecule has 0 amide bonds. The maximum Gasteiger partial charge on any atom is 0.264 e. The van der Waals surface area contributed by atoms with Gasteiger partial charge in [0, 0.05) is 11.1 Å². The first kappa shape index (κ1) is 14.9. The summed E-state index contributed by atoms with van der Waals surface area (Å²) < 4.78 is 15.2. The first-order chi connectivity index (χ1) is 12.7. The molecule has 1 aliphatic rings. The summed E-state index contributed by atoms with van der Waals surface area (Å²) in [5.41, 5.74) is 4.02. The molecule has 4 heteroatoms. The molecule has 0 fully saturated rings. The monoisotopic (exact) mass is 342 g/mol. The molecule has 4 aromatic rings. The Bertz CT molecular complexity index is 1140. The van der Waals surface area contributed by atoms with E-state index in [0.717, 1.165) is 27.8 Å². The van der Waals surface area contributed by atoms with Crippen molar-refractivity contribution >= 4 is 22.5 Å². The molecule has 1 aromatic heterocycles. The van der Waals surface area contributed by atoms with E-state index in [4.69, 9.17) is 0 Å². The minimum absolute atomic E-state index is 0.0612. The maximum atomic E-state index is 13.4. The van der Waals surface area contributed by atoms with Gasteiger partial charge >= 0.3 is 0 Å². The van der Waals surface area contributed by atoms with Gasteiger partial charge < -0.3 is 5.32 Å². The second kappa shape index (κ2) is 5.56. The van der Waals surface area contributed by atoms with Crippen LogP contribution in [0.4, 0.5) is 10.1 Å². The quantitative estimate of drug-likeness (QED) is 0.529. The van der Waals surface area contributed by atoms with E-state index < -0.39 is 0 Å². The van der Waals surface area contributed by atoms with Gasteiger partial charge in [0.1, 0.15) is 5.82 Å². The molecule has 0 saturated heterocycles. The Morgan fingerprint density at radius 2 is 1.62 bits per heavy atom. The van der Waals surface area contributed by atoms with E-state index in [9.17, 15) is 9.18 Å². The van der Waals surface area contributed by atoms with Crippen LogP contribution in [0.1, 0.15) is 27.7 Å². The molecular weight excluding hydrogens is 327 g/mol. The number of benzene rings is 3. The van der Waals surface area contributed by atoms with Crippen molar-refractivity contribution in [3.05, 3.63) is 102 Å². The smallest absolute Gasteiger partial charge is 0.264 e. The molecule has 2 heterocycles. The van der Waals surface area contributed by atoms with Crippen LogP contribution in [0.15, 0.2) is 78.9 Å². The lowest BCUT2D eigenvalue weighted by atomic mass is 10.0. The number of aromatic nitrogens is 1. The van der Waals surface area contributed by atoms with Crippen molar-refractivity contribution in [3.8, 4) is 0 Å². The number of hydrogen-bond acceptors (Lipinski definition) is 2. The summed E-state index contributed by atoms with van der Waals surface area (Å²) in [4.78, 5) is 13.3. The average molecular weight is 342 g/mol. The highest BCUT2D eigenvalue weighted by Gasteiger charge is 2.29. The third kappa shape index (κ3) is 2.15. The molecule has 0 bridgehead atoms. The van der Waals surface area contributed by atoms with Crippen molar-refractivity contribution < 1.29 is 9.18 Å². The fraction of sp³-hybridized carbons (Fsp3) is 0.0455. The van der Waals surface area contributed by atoms with Gasteiger partial charge in [0.25, 0.3) is 5.91 Å². The van der Waals surface area contributed by atoms with Gasteiger partial charge in [-0.1, -0.05) is 42.5 Å². The highest BCUT2D eigenvalue weighted by atomic mass is 19.1. The number of fused-ring (bicyclic) bond motifs is 4. The van der Waals surface area contributed by atoms with Gasteiger partial charge in [-0.25, -0.2) is 4.39 Å². The molecule has 3 aromatic carbocycles. The molecule has 5 rings (SSSR count). The molecule has 1 aliphatic heterocycles. The zero-order chi connectivity index (χ0) is 17.7. The summed E-state index contributed by atoms with van der Waals surface area (Å²) in [7, 11) is 0. The van der Waals surface area contributed by atoms with E-state index in [-0.39, 0.29) is 17.8 Å². The Morgan fingerprint density at radius 3 is 2.46 bits per heavy atom. The van der Waals surface area contributed by atoms with Crippen LogP contribution in [-0.4, -0.2) is 10.5 Å². The van der Waals surface area contributed by atoms with Crippen LogP contribution in [0, 0.1) is 5.82 Å². The second-order valence-corrected chi connectivity index (χ2v) is 6.44. The number of anilines is 1. The lowest BCUT2D eigenvalue weighted by molar-refractivity contribution is 0.0964. The number of halogens is 1. The van der Waals surface area contributed by atoms with Crippen LogP contribution >= 0.6 is 0 Å². The number of nitrogens with zero attached hydrogens (tertiary/aromatic N) is 1. The predicted octanol–water partition coefficient (Wildman–Crippen LogP) is 4.98. The molecule has 0 aliphatic carbocycles. The van der Waals surface area contributed by atoms with E-state index in [0.29, 0.717) is 5.56 Å². The third-order valence-corrected chi connectivity index (χ3v) is 4.90. The number of rotatable bonds is 1. The third-order valence-electron chi connectivity index (χ3n) is 4.90. The molecule has 0 spiro atoms. The molecular formula is C22H15FN2O. The Hall–Kier alpha value is -3.40. The highest BCUT2D eigenvalue weighted by Crippen LogP contribution is 2.36. The molecule has 3 nitrogen and oxygen atoms in total. The van der Waals surface area contributed by atoms with Crippen LogP contribution in [0.5, 0.6) is 0 Å². The molecule has 0 radical (unpaired) electrons. The number of para-hydroxylation sites is 2.